The van der Waals surface area contributed by atoms with E-state index in [1.807, 2.05) is 23.1 Å². The molecule has 3 fully saturated rings. The standard InChI is InChI=1S/C19H22N2O4/c1-25-16-4-2-3-12(9-16)19(24)20-13-5-6-14(20)11-15(10-13)21-17(22)7-8-18(21)23/h2-4,9,13-15H,5-8,10-11H2,1H3. The Morgan fingerprint density at radius 3 is 2.28 bits per heavy atom. The molecular weight excluding hydrogens is 320 g/mol. The number of ether oxygens (including phenoxy) is 1. The Labute approximate surface area is 146 Å². The smallest absolute Gasteiger partial charge is 0.254 e. The number of piperidine rings is 1. The SMILES string of the molecule is COc1cccc(C(=O)N2C3CCC2CC(N2C(=O)CCC2=O)C3)c1. The molecule has 0 spiro atoms. The number of carbonyl (C=O) groups is 3. The van der Waals surface area contributed by atoms with E-state index in [-0.39, 0.29) is 35.8 Å². The van der Waals surface area contributed by atoms with Crippen molar-refractivity contribution in [2.45, 2.75) is 56.7 Å². The predicted molar refractivity (Wildman–Crippen MR) is 90.1 cm³/mol. The molecule has 2 atom stereocenters. The maximum Gasteiger partial charge on any atom is 0.254 e. The minimum Gasteiger partial charge on any atom is -0.497 e. The number of fused-ring (bicyclic) bond motifs is 2. The van der Waals surface area contributed by atoms with Gasteiger partial charge in [0.15, 0.2) is 0 Å². The summed E-state index contributed by atoms with van der Waals surface area (Å²) in [7, 11) is 1.59. The van der Waals surface area contributed by atoms with Crippen molar-refractivity contribution >= 4 is 17.7 Å². The van der Waals surface area contributed by atoms with Gasteiger partial charge in [-0.15, -0.1) is 0 Å². The second-order valence-corrected chi connectivity index (χ2v) is 7.11. The number of hydrogen-bond acceptors (Lipinski definition) is 4. The van der Waals surface area contributed by atoms with E-state index in [0.717, 1.165) is 12.8 Å². The Hall–Kier alpha value is -2.37. The van der Waals surface area contributed by atoms with Crippen LogP contribution in [0.3, 0.4) is 0 Å². The number of rotatable bonds is 3. The topological polar surface area (TPSA) is 66.9 Å². The molecule has 4 rings (SSSR count). The van der Waals surface area contributed by atoms with Crippen LogP contribution < -0.4 is 4.74 Å². The van der Waals surface area contributed by atoms with Gasteiger partial charge in [0.25, 0.3) is 5.91 Å². The van der Waals surface area contributed by atoms with Crippen LogP contribution in [0.1, 0.15) is 48.9 Å². The molecule has 0 aromatic heterocycles. The summed E-state index contributed by atoms with van der Waals surface area (Å²) in [6, 6.07) is 7.37. The lowest BCUT2D eigenvalue weighted by Gasteiger charge is -2.41. The van der Waals surface area contributed by atoms with Crippen molar-refractivity contribution in [1.29, 1.82) is 0 Å². The average molecular weight is 342 g/mol. The first-order valence-corrected chi connectivity index (χ1v) is 8.90. The van der Waals surface area contributed by atoms with Gasteiger partial charge < -0.3 is 9.64 Å². The number of imide groups is 1. The fourth-order valence-electron chi connectivity index (χ4n) is 4.60. The minimum absolute atomic E-state index is 0.0175. The van der Waals surface area contributed by atoms with Gasteiger partial charge in [0.2, 0.25) is 11.8 Å². The summed E-state index contributed by atoms with van der Waals surface area (Å²) in [6.07, 6.45) is 3.93. The van der Waals surface area contributed by atoms with Gasteiger partial charge in [0, 0.05) is 36.5 Å². The molecule has 6 nitrogen and oxygen atoms in total. The number of methoxy groups -OCH3 is 1. The summed E-state index contributed by atoms with van der Waals surface area (Å²) in [4.78, 5) is 40.5. The van der Waals surface area contributed by atoms with Gasteiger partial charge in [0.1, 0.15) is 5.75 Å². The van der Waals surface area contributed by atoms with Crippen molar-refractivity contribution in [2.75, 3.05) is 7.11 Å². The highest BCUT2D eigenvalue weighted by Gasteiger charge is 2.47. The second-order valence-electron chi connectivity index (χ2n) is 7.11. The first kappa shape index (κ1) is 16.1. The van der Waals surface area contributed by atoms with Gasteiger partial charge in [-0.05, 0) is 43.9 Å². The highest BCUT2D eigenvalue weighted by molar-refractivity contribution is 6.02. The summed E-state index contributed by atoms with van der Waals surface area (Å²) in [5.41, 5.74) is 0.628. The number of likely N-dealkylation sites (tertiary alicyclic amines) is 1. The van der Waals surface area contributed by atoms with E-state index in [4.69, 9.17) is 4.74 Å². The minimum atomic E-state index is -0.0537. The molecule has 1 aromatic carbocycles. The van der Waals surface area contributed by atoms with Crippen molar-refractivity contribution in [3.05, 3.63) is 29.8 Å². The van der Waals surface area contributed by atoms with Crippen LogP contribution >= 0.6 is 0 Å². The zero-order chi connectivity index (χ0) is 17.6. The summed E-state index contributed by atoms with van der Waals surface area (Å²) in [6.45, 7) is 0. The van der Waals surface area contributed by atoms with Gasteiger partial charge in [-0.1, -0.05) is 6.07 Å². The average Bonchev–Trinajstić information content (AvgIpc) is 3.10. The second kappa shape index (κ2) is 6.17. The van der Waals surface area contributed by atoms with E-state index in [2.05, 4.69) is 0 Å². The van der Waals surface area contributed by atoms with E-state index in [9.17, 15) is 14.4 Å². The van der Waals surface area contributed by atoms with Crippen molar-refractivity contribution in [3.8, 4) is 5.75 Å². The van der Waals surface area contributed by atoms with Crippen LogP contribution in [-0.4, -0.2) is 52.8 Å². The molecule has 25 heavy (non-hydrogen) atoms. The maximum absolute atomic E-state index is 13.0. The van der Waals surface area contributed by atoms with Gasteiger partial charge in [-0.25, -0.2) is 0 Å². The van der Waals surface area contributed by atoms with E-state index in [0.29, 0.717) is 37.0 Å². The van der Waals surface area contributed by atoms with E-state index in [1.165, 1.54) is 4.90 Å². The van der Waals surface area contributed by atoms with Gasteiger partial charge in [-0.3, -0.25) is 19.3 Å². The molecular formula is C19H22N2O4. The molecule has 6 heteroatoms. The predicted octanol–water partition coefficient (Wildman–Crippen LogP) is 1.98. The third-order valence-corrected chi connectivity index (χ3v) is 5.71. The molecule has 0 aliphatic carbocycles. The monoisotopic (exact) mass is 342 g/mol. The van der Waals surface area contributed by atoms with Gasteiger partial charge in [-0.2, -0.15) is 0 Å². The van der Waals surface area contributed by atoms with Gasteiger partial charge >= 0.3 is 0 Å². The fraction of sp³-hybridized carbons (Fsp3) is 0.526. The molecule has 0 radical (unpaired) electrons. The van der Waals surface area contributed by atoms with Crippen LogP contribution in [0, 0.1) is 0 Å². The molecule has 2 unspecified atom stereocenters. The largest absolute Gasteiger partial charge is 0.497 e. The zero-order valence-electron chi connectivity index (χ0n) is 14.3. The van der Waals surface area contributed by atoms with Crippen molar-refractivity contribution in [1.82, 2.24) is 9.80 Å². The van der Waals surface area contributed by atoms with Crippen LogP contribution in [0.25, 0.3) is 0 Å². The number of hydrogen-bond donors (Lipinski definition) is 0. The van der Waals surface area contributed by atoms with E-state index >= 15 is 0 Å². The Morgan fingerprint density at radius 1 is 1.04 bits per heavy atom. The number of amides is 3. The molecule has 0 saturated carbocycles. The van der Waals surface area contributed by atoms with E-state index < -0.39 is 0 Å². The quantitative estimate of drug-likeness (QED) is 0.788. The lowest BCUT2D eigenvalue weighted by molar-refractivity contribution is -0.142. The summed E-state index contributed by atoms with van der Waals surface area (Å²) in [5.74, 6) is 0.578. The summed E-state index contributed by atoms with van der Waals surface area (Å²) < 4.78 is 5.22. The highest BCUT2D eigenvalue weighted by atomic mass is 16.5. The van der Waals surface area contributed by atoms with Crippen molar-refractivity contribution in [3.63, 3.8) is 0 Å². The van der Waals surface area contributed by atoms with E-state index in [1.54, 1.807) is 13.2 Å². The third-order valence-electron chi connectivity index (χ3n) is 5.71. The molecule has 132 valence electrons. The van der Waals surface area contributed by atoms with Crippen LogP contribution in [0.15, 0.2) is 24.3 Å². The zero-order valence-corrected chi connectivity index (χ0v) is 14.3. The van der Waals surface area contributed by atoms with Crippen LogP contribution in [0.4, 0.5) is 0 Å². The summed E-state index contributed by atoms with van der Waals surface area (Å²) >= 11 is 0. The lowest BCUT2D eigenvalue weighted by Crippen LogP contribution is -2.53. The molecule has 3 saturated heterocycles. The third kappa shape index (κ3) is 2.69. The Morgan fingerprint density at radius 2 is 1.68 bits per heavy atom. The molecule has 3 aliphatic heterocycles. The first-order chi connectivity index (χ1) is 12.1. The molecule has 3 heterocycles. The summed E-state index contributed by atoms with van der Waals surface area (Å²) in [5, 5.41) is 0. The molecule has 3 aliphatic rings. The maximum atomic E-state index is 13.0. The van der Waals surface area contributed by atoms with Crippen LogP contribution in [-0.2, 0) is 9.59 Å². The van der Waals surface area contributed by atoms with Crippen LogP contribution in [0.5, 0.6) is 5.75 Å². The molecule has 2 bridgehead atoms. The number of carbonyl (C=O) groups excluding carboxylic acids is 3. The lowest BCUT2D eigenvalue weighted by atomic mass is 9.95. The Balaban J connectivity index is 1.53. The molecule has 1 aromatic rings. The molecule has 0 N–H and O–H groups in total. The fourth-order valence-corrected chi connectivity index (χ4v) is 4.60. The number of benzene rings is 1. The van der Waals surface area contributed by atoms with Crippen molar-refractivity contribution < 1.29 is 19.1 Å². The first-order valence-electron chi connectivity index (χ1n) is 8.90. The van der Waals surface area contributed by atoms with Gasteiger partial charge in [0.05, 0.1) is 7.11 Å². The number of nitrogens with zero attached hydrogens (tertiary/aromatic N) is 2. The van der Waals surface area contributed by atoms with Crippen molar-refractivity contribution in [2.24, 2.45) is 0 Å². The Bertz CT molecular complexity index is 702. The highest BCUT2D eigenvalue weighted by Crippen LogP contribution is 2.39. The van der Waals surface area contributed by atoms with Crippen LogP contribution in [0.2, 0.25) is 0 Å². The normalized spacial score (nSPS) is 28.6. The Kier molecular flexibility index (Phi) is 3.98. The molecule has 3 amide bonds.